The number of carbonyl (C=O) groups excluding carboxylic acids is 1. The lowest BCUT2D eigenvalue weighted by atomic mass is 9.89. The molecule has 0 bridgehead atoms. The standard InChI is InChI=1S/C18H26F2N4O5S/c1-11-8-13(23(3)16(26)27)9-12(2)14(11)10-18(19,20)30(28,29)24-6-4-17(22,5-7-24)15(21)25/h8-9H,4-7,10,22H2,1-3H3,(H2,21,25)(H,26,27). The minimum Gasteiger partial charge on any atom is -0.465 e. The Morgan fingerprint density at radius 2 is 1.70 bits per heavy atom. The number of hydrogen-bond acceptors (Lipinski definition) is 5. The number of alkyl halides is 2. The largest absolute Gasteiger partial charge is 0.465 e. The lowest BCUT2D eigenvalue weighted by Crippen LogP contribution is -2.60. The maximum Gasteiger partial charge on any atom is 0.411 e. The summed E-state index contributed by atoms with van der Waals surface area (Å²) in [6.45, 7) is 2.36. The molecule has 0 atom stereocenters. The average Bonchev–Trinajstić information content (AvgIpc) is 2.63. The van der Waals surface area contributed by atoms with Gasteiger partial charge in [-0.25, -0.2) is 13.2 Å². The number of carboxylic acid groups (broad SMARTS) is 1. The van der Waals surface area contributed by atoms with Crippen LogP contribution in [0.25, 0.3) is 0 Å². The number of nitrogens with zero attached hydrogens (tertiary/aromatic N) is 2. The van der Waals surface area contributed by atoms with Crippen molar-refractivity contribution in [3.8, 4) is 0 Å². The van der Waals surface area contributed by atoms with Gasteiger partial charge < -0.3 is 16.6 Å². The SMILES string of the molecule is Cc1cc(N(C)C(=O)O)cc(C)c1CC(F)(F)S(=O)(=O)N1CCC(N)(C(N)=O)CC1. The van der Waals surface area contributed by atoms with Gasteiger partial charge in [0, 0.05) is 25.8 Å². The van der Waals surface area contributed by atoms with Crippen molar-refractivity contribution in [2.75, 3.05) is 25.0 Å². The molecule has 0 aromatic heterocycles. The molecule has 0 saturated carbocycles. The summed E-state index contributed by atoms with van der Waals surface area (Å²) in [5.74, 6) is -0.802. The van der Waals surface area contributed by atoms with Crippen LogP contribution in [0, 0.1) is 13.8 Å². The number of anilines is 1. The highest BCUT2D eigenvalue weighted by atomic mass is 32.2. The number of benzene rings is 1. The second-order valence-corrected chi connectivity index (χ2v) is 9.70. The predicted molar refractivity (Wildman–Crippen MR) is 107 cm³/mol. The normalized spacial score (nSPS) is 17.5. The molecule has 0 aliphatic carbocycles. The summed E-state index contributed by atoms with van der Waals surface area (Å²) in [5, 5.41) is 4.97. The van der Waals surface area contributed by atoms with Gasteiger partial charge in [-0.05, 0) is 55.5 Å². The van der Waals surface area contributed by atoms with E-state index in [2.05, 4.69) is 0 Å². The highest BCUT2D eigenvalue weighted by Gasteiger charge is 2.51. The summed E-state index contributed by atoms with van der Waals surface area (Å²) in [6.07, 6.45) is -2.58. The van der Waals surface area contributed by atoms with E-state index in [4.69, 9.17) is 16.6 Å². The van der Waals surface area contributed by atoms with Crippen LogP contribution in [-0.4, -0.2) is 60.8 Å². The summed E-state index contributed by atoms with van der Waals surface area (Å²) in [4.78, 5) is 23.5. The second-order valence-electron chi connectivity index (χ2n) is 7.64. The fourth-order valence-corrected chi connectivity index (χ4v) is 4.78. The van der Waals surface area contributed by atoms with Crippen LogP contribution in [0.4, 0.5) is 19.3 Å². The fraction of sp³-hybridized carbons (Fsp3) is 0.556. The lowest BCUT2D eigenvalue weighted by Gasteiger charge is -2.37. The summed E-state index contributed by atoms with van der Waals surface area (Å²) in [7, 11) is -3.71. The van der Waals surface area contributed by atoms with Gasteiger partial charge in [0.2, 0.25) is 5.91 Å². The predicted octanol–water partition coefficient (Wildman–Crippen LogP) is 1.16. The van der Waals surface area contributed by atoms with Gasteiger partial charge in [-0.15, -0.1) is 0 Å². The van der Waals surface area contributed by atoms with E-state index in [1.54, 1.807) is 0 Å². The number of amides is 2. The number of rotatable bonds is 6. The molecule has 1 fully saturated rings. The molecule has 2 rings (SSSR count). The molecule has 1 saturated heterocycles. The first kappa shape index (κ1) is 24.0. The van der Waals surface area contributed by atoms with E-state index >= 15 is 0 Å². The van der Waals surface area contributed by atoms with Crippen molar-refractivity contribution >= 4 is 27.7 Å². The molecule has 1 aromatic carbocycles. The molecule has 1 aliphatic rings. The Hall–Kier alpha value is -2.31. The average molecular weight is 448 g/mol. The number of primary amides is 1. The van der Waals surface area contributed by atoms with Crippen LogP contribution in [0.2, 0.25) is 0 Å². The lowest BCUT2D eigenvalue weighted by molar-refractivity contribution is -0.124. The van der Waals surface area contributed by atoms with Crippen LogP contribution < -0.4 is 16.4 Å². The molecule has 0 unspecified atom stereocenters. The van der Waals surface area contributed by atoms with E-state index in [1.807, 2.05) is 0 Å². The van der Waals surface area contributed by atoms with Gasteiger partial charge in [-0.2, -0.15) is 13.1 Å². The summed E-state index contributed by atoms with van der Waals surface area (Å²) in [5.41, 5.74) is 10.7. The van der Waals surface area contributed by atoms with Gasteiger partial charge in [0.05, 0.1) is 12.0 Å². The van der Waals surface area contributed by atoms with E-state index in [-0.39, 0.29) is 37.2 Å². The minimum atomic E-state index is -5.02. The molecule has 12 heteroatoms. The summed E-state index contributed by atoms with van der Waals surface area (Å²) < 4.78 is 55.7. The Labute approximate surface area is 173 Å². The van der Waals surface area contributed by atoms with Gasteiger partial charge in [-0.3, -0.25) is 9.69 Å². The van der Waals surface area contributed by atoms with Crippen LogP contribution >= 0.6 is 0 Å². The zero-order chi connectivity index (χ0) is 23.1. The van der Waals surface area contributed by atoms with Gasteiger partial charge in [-0.1, -0.05) is 0 Å². The molecule has 5 N–H and O–H groups in total. The first-order chi connectivity index (χ1) is 13.6. The highest BCUT2D eigenvalue weighted by molar-refractivity contribution is 7.90. The molecular weight excluding hydrogens is 422 g/mol. The van der Waals surface area contributed by atoms with Gasteiger partial charge >= 0.3 is 11.3 Å². The van der Waals surface area contributed by atoms with Crippen LogP contribution in [-0.2, 0) is 21.2 Å². The minimum absolute atomic E-state index is 0.119. The molecule has 168 valence electrons. The van der Waals surface area contributed by atoms with E-state index in [0.29, 0.717) is 15.4 Å². The molecule has 30 heavy (non-hydrogen) atoms. The van der Waals surface area contributed by atoms with Crippen molar-refractivity contribution in [3.63, 3.8) is 0 Å². The van der Waals surface area contributed by atoms with Crippen LogP contribution in [0.1, 0.15) is 29.5 Å². The molecule has 1 heterocycles. The van der Waals surface area contributed by atoms with Crippen molar-refractivity contribution in [2.45, 2.75) is 43.9 Å². The van der Waals surface area contributed by atoms with E-state index < -0.39 is 39.2 Å². The zero-order valence-electron chi connectivity index (χ0n) is 17.0. The van der Waals surface area contributed by atoms with Gasteiger partial charge in [0.1, 0.15) is 0 Å². The van der Waals surface area contributed by atoms with Crippen molar-refractivity contribution in [1.29, 1.82) is 0 Å². The first-order valence-electron chi connectivity index (χ1n) is 9.15. The Morgan fingerprint density at radius 3 is 2.10 bits per heavy atom. The number of sulfonamides is 1. The highest BCUT2D eigenvalue weighted by Crippen LogP contribution is 2.35. The number of piperidine rings is 1. The van der Waals surface area contributed by atoms with E-state index in [1.165, 1.54) is 33.0 Å². The Balaban J connectivity index is 2.28. The molecule has 9 nitrogen and oxygen atoms in total. The molecule has 2 amide bonds. The maximum atomic E-state index is 14.9. The van der Waals surface area contributed by atoms with Gasteiger partial charge in [0.25, 0.3) is 10.0 Å². The summed E-state index contributed by atoms with van der Waals surface area (Å²) in [6, 6.07) is 2.82. The number of aryl methyl sites for hydroxylation is 2. The molecule has 1 aliphatic heterocycles. The van der Waals surface area contributed by atoms with Crippen molar-refractivity contribution < 1.29 is 31.9 Å². The van der Waals surface area contributed by atoms with Crippen LogP contribution in [0.5, 0.6) is 0 Å². The monoisotopic (exact) mass is 448 g/mol. The molecule has 1 aromatic rings. The molecule has 0 spiro atoms. The number of hydrogen-bond donors (Lipinski definition) is 3. The Bertz CT molecular complexity index is 936. The van der Waals surface area contributed by atoms with Gasteiger partial charge in [0.15, 0.2) is 0 Å². The third-order valence-corrected chi connectivity index (χ3v) is 7.50. The van der Waals surface area contributed by atoms with Crippen LogP contribution in [0.3, 0.4) is 0 Å². The number of nitrogens with two attached hydrogens (primary N) is 2. The maximum absolute atomic E-state index is 14.9. The van der Waals surface area contributed by atoms with Crippen molar-refractivity contribution in [3.05, 3.63) is 28.8 Å². The van der Waals surface area contributed by atoms with Crippen LogP contribution in [0.15, 0.2) is 12.1 Å². The third-order valence-electron chi connectivity index (χ3n) is 5.56. The summed E-state index contributed by atoms with van der Waals surface area (Å²) >= 11 is 0. The Morgan fingerprint density at radius 1 is 1.23 bits per heavy atom. The zero-order valence-corrected chi connectivity index (χ0v) is 17.8. The smallest absolute Gasteiger partial charge is 0.411 e. The third kappa shape index (κ3) is 4.40. The second kappa shape index (κ2) is 8.08. The number of halogens is 2. The van der Waals surface area contributed by atoms with E-state index in [0.717, 1.165) is 4.90 Å². The Kier molecular flexibility index (Phi) is 6.45. The first-order valence-corrected chi connectivity index (χ1v) is 10.6. The van der Waals surface area contributed by atoms with Crippen molar-refractivity contribution in [1.82, 2.24) is 4.31 Å². The van der Waals surface area contributed by atoms with E-state index in [9.17, 15) is 26.8 Å². The van der Waals surface area contributed by atoms with Crippen molar-refractivity contribution in [2.24, 2.45) is 11.5 Å². The quantitative estimate of drug-likeness (QED) is 0.595. The number of carbonyl (C=O) groups is 2. The fourth-order valence-electron chi connectivity index (χ4n) is 3.41. The topological polar surface area (TPSA) is 147 Å². The molecule has 0 radical (unpaired) electrons. The molecular formula is C18H26F2N4O5S.